The minimum atomic E-state index is -0.215. The number of para-hydroxylation sites is 2. The zero-order valence-electron chi connectivity index (χ0n) is 30.8. The molecule has 2 aliphatic rings. The summed E-state index contributed by atoms with van der Waals surface area (Å²) >= 11 is 1.88. The van der Waals surface area contributed by atoms with E-state index in [-0.39, 0.29) is 6.17 Å². The summed E-state index contributed by atoms with van der Waals surface area (Å²) in [5, 5.41) is 10.9. The summed E-state index contributed by atoms with van der Waals surface area (Å²) in [5.41, 5.74) is 10.9. The second-order valence-corrected chi connectivity index (χ2v) is 15.9. The largest absolute Gasteiger partial charge is 0.456 e. The van der Waals surface area contributed by atoms with Gasteiger partial charge in [0.15, 0.2) is 5.84 Å². The Morgan fingerprint density at radius 1 is 0.579 bits per heavy atom. The van der Waals surface area contributed by atoms with Crippen LogP contribution in [0.25, 0.3) is 80.7 Å². The number of fused-ring (bicyclic) bond motifs is 9. The number of nitrogens with zero attached hydrogens (tertiary/aromatic N) is 3. The minimum absolute atomic E-state index is 0.215. The summed E-state index contributed by atoms with van der Waals surface area (Å²) in [5.74, 6) is 1.51. The lowest BCUT2D eigenvalue weighted by Gasteiger charge is -2.25. The van der Waals surface area contributed by atoms with Crippen molar-refractivity contribution < 1.29 is 4.42 Å². The van der Waals surface area contributed by atoms with E-state index < -0.39 is 0 Å². The van der Waals surface area contributed by atoms with Crippen molar-refractivity contribution in [1.29, 1.82) is 0 Å². The van der Waals surface area contributed by atoms with Crippen molar-refractivity contribution in [3.63, 3.8) is 0 Å². The molecule has 12 rings (SSSR count). The van der Waals surface area contributed by atoms with Gasteiger partial charge in [-0.2, -0.15) is 0 Å². The van der Waals surface area contributed by atoms with Crippen LogP contribution < -0.4 is 5.32 Å². The maximum absolute atomic E-state index is 6.56. The molecule has 1 aliphatic heterocycles. The predicted octanol–water partition coefficient (Wildman–Crippen LogP) is 13.1. The molecule has 7 aromatic carbocycles. The van der Waals surface area contributed by atoms with Crippen molar-refractivity contribution in [2.24, 2.45) is 9.98 Å². The van der Waals surface area contributed by atoms with Crippen molar-refractivity contribution in [1.82, 2.24) is 9.88 Å². The van der Waals surface area contributed by atoms with Crippen molar-refractivity contribution in [3.05, 3.63) is 187 Å². The zero-order valence-corrected chi connectivity index (χ0v) is 31.6. The van der Waals surface area contributed by atoms with Crippen LogP contribution in [0.1, 0.15) is 24.0 Å². The Hall–Kier alpha value is -7.02. The lowest BCUT2D eigenvalue weighted by Crippen LogP contribution is -2.40. The first kappa shape index (κ1) is 32.2. The number of nitrogens with one attached hydrogen (secondary N) is 1. The van der Waals surface area contributed by atoms with Gasteiger partial charge in [0.05, 0.1) is 21.4 Å². The summed E-state index contributed by atoms with van der Waals surface area (Å²) in [6.45, 7) is 0. The van der Waals surface area contributed by atoms with Gasteiger partial charge in [-0.25, -0.2) is 9.98 Å². The van der Waals surface area contributed by atoms with Crippen molar-refractivity contribution in [2.45, 2.75) is 19.0 Å². The third-order valence-electron chi connectivity index (χ3n) is 11.5. The Kier molecular flexibility index (Phi) is 7.22. The number of amidine groups is 2. The number of hydrogen-bond donors (Lipinski definition) is 1. The highest BCUT2D eigenvalue weighted by molar-refractivity contribution is 7.26. The van der Waals surface area contributed by atoms with E-state index in [4.69, 9.17) is 14.4 Å². The molecule has 270 valence electrons. The van der Waals surface area contributed by atoms with Crippen LogP contribution in [0.4, 0.5) is 0 Å². The number of benzene rings is 7. The summed E-state index contributed by atoms with van der Waals surface area (Å²) in [7, 11) is 0. The average Bonchev–Trinajstić information content (AvgIpc) is 3.96. The van der Waals surface area contributed by atoms with E-state index in [9.17, 15) is 0 Å². The molecular formula is C51H34N4OS. The average molecular weight is 751 g/mol. The Balaban J connectivity index is 0.961. The second-order valence-electron chi connectivity index (χ2n) is 14.8. The van der Waals surface area contributed by atoms with Gasteiger partial charge in [0.1, 0.15) is 23.2 Å². The van der Waals surface area contributed by atoms with Crippen LogP contribution >= 0.6 is 11.3 Å². The highest BCUT2D eigenvalue weighted by atomic mass is 32.1. The molecular weight excluding hydrogens is 717 g/mol. The Morgan fingerprint density at radius 3 is 2.12 bits per heavy atom. The zero-order chi connectivity index (χ0) is 37.5. The third kappa shape index (κ3) is 5.14. The molecule has 1 atom stereocenters. The molecule has 0 bridgehead atoms. The van der Waals surface area contributed by atoms with Gasteiger partial charge in [-0.05, 0) is 72.0 Å². The summed E-state index contributed by atoms with van der Waals surface area (Å²) in [6, 6.07) is 54.2. The van der Waals surface area contributed by atoms with Crippen molar-refractivity contribution in [2.75, 3.05) is 0 Å². The fourth-order valence-corrected chi connectivity index (χ4v) is 10.1. The lowest BCUT2D eigenvalue weighted by molar-refractivity contribution is 0.668. The highest BCUT2D eigenvalue weighted by Crippen LogP contribution is 2.45. The Labute approximate surface area is 332 Å². The first-order chi connectivity index (χ1) is 28.2. The topological polar surface area (TPSA) is 54.8 Å². The molecule has 0 fully saturated rings. The molecule has 0 radical (unpaired) electrons. The van der Waals surface area contributed by atoms with Crippen LogP contribution in [-0.2, 0) is 0 Å². The number of allylic oxidation sites excluding steroid dienone is 2. The number of aromatic nitrogens is 1. The molecule has 0 amide bonds. The fourth-order valence-electron chi connectivity index (χ4n) is 8.80. The normalized spacial score (nSPS) is 15.8. The van der Waals surface area contributed by atoms with E-state index in [1.807, 2.05) is 29.5 Å². The first-order valence-electron chi connectivity index (χ1n) is 19.5. The third-order valence-corrected chi connectivity index (χ3v) is 12.8. The van der Waals surface area contributed by atoms with Gasteiger partial charge < -0.3 is 14.3 Å². The second kappa shape index (κ2) is 12.8. The van der Waals surface area contributed by atoms with E-state index in [0.29, 0.717) is 0 Å². The molecule has 0 saturated carbocycles. The SMILES string of the molecule is C1=CC(C2N=C(c3ccccc3)N=C(c3ccc4c(c3)oc3ccc(-c5cccc6c5sc5c(-n7c8ccccc8c8ccccc87)cccc56)cc34)N2)=CCC1. The van der Waals surface area contributed by atoms with Crippen LogP contribution in [0.15, 0.2) is 190 Å². The highest BCUT2D eigenvalue weighted by Gasteiger charge is 2.23. The van der Waals surface area contributed by atoms with E-state index >= 15 is 0 Å². The molecule has 6 heteroatoms. The van der Waals surface area contributed by atoms with Crippen LogP contribution in [0, 0.1) is 0 Å². The Morgan fingerprint density at radius 2 is 1.32 bits per heavy atom. The molecule has 0 spiro atoms. The number of thiophene rings is 1. The van der Waals surface area contributed by atoms with Gasteiger partial charge in [-0.1, -0.05) is 127 Å². The van der Waals surface area contributed by atoms with Gasteiger partial charge in [-0.15, -0.1) is 11.3 Å². The molecule has 0 saturated heterocycles. The standard InChI is InChI=1S/C51H34N4OS/c1-3-13-31(14-4-1)49-52-50(32-15-5-2-6-16-32)54-51(53-49)34-25-27-38-41-29-33(26-28-45(41)56-46(38)30-34)35-19-11-20-39-40-21-12-24-44(48(40)57-47(35)39)55-42-22-9-7-17-36(42)37-18-8-10-23-43(37)55/h1,3-5,7-30,50H,2,6H2,(H,52,53,54). The molecule has 1 N–H and O–H groups in total. The maximum atomic E-state index is 6.56. The number of aliphatic imine (C=N–C) groups is 2. The number of furan rings is 1. The van der Waals surface area contributed by atoms with E-state index in [1.54, 1.807) is 0 Å². The lowest BCUT2D eigenvalue weighted by atomic mass is 10.00. The smallest absolute Gasteiger partial charge is 0.159 e. The Bertz CT molecular complexity index is 3340. The molecule has 4 heterocycles. The van der Waals surface area contributed by atoms with Gasteiger partial charge in [0.25, 0.3) is 0 Å². The van der Waals surface area contributed by atoms with Crippen LogP contribution in [0.5, 0.6) is 0 Å². The van der Waals surface area contributed by atoms with Crippen molar-refractivity contribution >= 4 is 86.9 Å². The quantitative estimate of drug-likeness (QED) is 0.190. The molecule has 1 aliphatic carbocycles. The first-order valence-corrected chi connectivity index (χ1v) is 20.3. The fraction of sp³-hybridized carbons (Fsp3) is 0.0588. The molecule has 5 nitrogen and oxygen atoms in total. The van der Waals surface area contributed by atoms with Crippen LogP contribution in [0.3, 0.4) is 0 Å². The molecule has 10 aromatic rings. The van der Waals surface area contributed by atoms with Gasteiger partial charge >= 0.3 is 0 Å². The van der Waals surface area contributed by atoms with Gasteiger partial charge in [0.2, 0.25) is 0 Å². The summed E-state index contributed by atoms with van der Waals surface area (Å²) in [6.07, 6.45) is 8.53. The monoisotopic (exact) mass is 750 g/mol. The van der Waals surface area contributed by atoms with Gasteiger partial charge in [0, 0.05) is 48.1 Å². The minimum Gasteiger partial charge on any atom is -0.456 e. The van der Waals surface area contributed by atoms with Crippen LogP contribution in [-0.4, -0.2) is 22.4 Å². The maximum Gasteiger partial charge on any atom is 0.159 e. The molecule has 3 aromatic heterocycles. The van der Waals surface area contributed by atoms with Crippen molar-refractivity contribution in [3.8, 4) is 16.8 Å². The molecule has 1 unspecified atom stereocenters. The van der Waals surface area contributed by atoms with Gasteiger partial charge in [-0.3, -0.25) is 0 Å². The number of hydrogen-bond acceptors (Lipinski definition) is 5. The summed E-state index contributed by atoms with van der Waals surface area (Å²) < 4.78 is 11.6. The van der Waals surface area contributed by atoms with E-state index in [2.05, 4.69) is 162 Å². The molecule has 57 heavy (non-hydrogen) atoms. The number of rotatable bonds is 5. The van der Waals surface area contributed by atoms with Crippen LogP contribution in [0.2, 0.25) is 0 Å². The van der Waals surface area contributed by atoms with E-state index in [0.717, 1.165) is 63.2 Å². The predicted molar refractivity (Wildman–Crippen MR) is 239 cm³/mol. The summed E-state index contributed by atoms with van der Waals surface area (Å²) in [4.78, 5) is 10.1. The van der Waals surface area contributed by atoms with E-state index in [1.165, 1.54) is 58.8 Å².